The normalized spacial score (nSPS) is 14.0. The summed E-state index contributed by atoms with van der Waals surface area (Å²) < 4.78 is 0. The fourth-order valence-corrected chi connectivity index (χ4v) is 3.46. The van der Waals surface area contributed by atoms with Crippen LogP contribution in [0.25, 0.3) is 0 Å². The second kappa shape index (κ2) is 16.1. The number of hydrogen-bond donors (Lipinski definition) is 0. The molecule has 0 rings (SSSR count). The predicted molar refractivity (Wildman–Crippen MR) is 98.8 cm³/mol. The first-order valence-corrected chi connectivity index (χ1v) is 9.92. The van der Waals surface area contributed by atoms with Crippen LogP contribution in [-0.4, -0.2) is 0 Å². The van der Waals surface area contributed by atoms with Gasteiger partial charge in [-0.25, -0.2) is 0 Å². The smallest absolute Gasteiger partial charge is 0.0210 e. The molecule has 0 aliphatic heterocycles. The standard InChI is InChI=1S/C21H42/c1-5-9-11-13-14-15-17-19-21(20(7-3)8-4)18-16-12-10-6-2/h7,20-21H,3,5-6,8-19H2,1-2,4H3. The third kappa shape index (κ3) is 12.0. The zero-order valence-electron chi connectivity index (χ0n) is 15.3. The first-order valence-electron chi connectivity index (χ1n) is 9.92. The van der Waals surface area contributed by atoms with Crippen molar-refractivity contribution in [2.75, 3.05) is 0 Å². The predicted octanol–water partition coefficient (Wildman–Crippen LogP) is 7.93. The summed E-state index contributed by atoms with van der Waals surface area (Å²) in [5, 5.41) is 0. The van der Waals surface area contributed by atoms with Crippen LogP contribution < -0.4 is 0 Å². The van der Waals surface area contributed by atoms with Crippen molar-refractivity contribution in [2.24, 2.45) is 11.8 Å². The second-order valence-electron chi connectivity index (χ2n) is 6.83. The van der Waals surface area contributed by atoms with Crippen molar-refractivity contribution in [3.05, 3.63) is 12.7 Å². The van der Waals surface area contributed by atoms with Crippen LogP contribution in [0.1, 0.15) is 111 Å². The lowest BCUT2D eigenvalue weighted by molar-refractivity contribution is 0.315. The number of rotatable bonds is 16. The van der Waals surface area contributed by atoms with Gasteiger partial charge in [0.2, 0.25) is 0 Å². The molecule has 0 aliphatic rings. The Bertz CT molecular complexity index is 206. The molecule has 21 heavy (non-hydrogen) atoms. The van der Waals surface area contributed by atoms with Gasteiger partial charge in [0, 0.05) is 0 Å². The molecular weight excluding hydrogens is 252 g/mol. The van der Waals surface area contributed by atoms with E-state index in [0.29, 0.717) is 0 Å². The molecule has 0 N–H and O–H groups in total. The van der Waals surface area contributed by atoms with Gasteiger partial charge in [-0.2, -0.15) is 0 Å². The Morgan fingerprint density at radius 3 is 1.52 bits per heavy atom. The molecule has 0 spiro atoms. The SMILES string of the molecule is C=CC(CC)C(CCCCCC)CCCCCCCCC. The van der Waals surface area contributed by atoms with Gasteiger partial charge in [-0.1, -0.05) is 97.5 Å². The highest BCUT2D eigenvalue weighted by Gasteiger charge is 2.16. The van der Waals surface area contributed by atoms with Gasteiger partial charge in [0.25, 0.3) is 0 Å². The molecule has 0 fully saturated rings. The molecular formula is C21H42. The Hall–Kier alpha value is -0.260. The van der Waals surface area contributed by atoms with E-state index in [1.165, 1.54) is 89.9 Å². The molecule has 0 aromatic carbocycles. The number of allylic oxidation sites excluding steroid dienone is 1. The molecule has 0 aromatic heterocycles. The summed E-state index contributed by atoms with van der Waals surface area (Å²) >= 11 is 0. The molecule has 0 aromatic rings. The highest BCUT2D eigenvalue weighted by atomic mass is 14.2. The lowest BCUT2D eigenvalue weighted by Gasteiger charge is -2.24. The van der Waals surface area contributed by atoms with E-state index in [1.807, 2.05) is 0 Å². The summed E-state index contributed by atoms with van der Waals surface area (Å²) in [5.74, 6) is 1.66. The fraction of sp³-hybridized carbons (Fsp3) is 0.905. The third-order valence-electron chi connectivity index (χ3n) is 4.99. The first kappa shape index (κ1) is 20.7. The summed E-state index contributed by atoms with van der Waals surface area (Å²) in [5.41, 5.74) is 0. The highest BCUT2D eigenvalue weighted by molar-refractivity contribution is 4.83. The van der Waals surface area contributed by atoms with Crippen molar-refractivity contribution >= 4 is 0 Å². The van der Waals surface area contributed by atoms with Crippen LogP contribution in [0.5, 0.6) is 0 Å². The van der Waals surface area contributed by atoms with E-state index >= 15 is 0 Å². The molecule has 0 saturated carbocycles. The van der Waals surface area contributed by atoms with E-state index in [9.17, 15) is 0 Å². The van der Waals surface area contributed by atoms with Crippen LogP contribution >= 0.6 is 0 Å². The topological polar surface area (TPSA) is 0 Å². The van der Waals surface area contributed by atoms with Crippen molar-refractivity contribution in [3.63, 3.8) is 0 Å². The minimum absolute atomic E-state index is 0.756. The molecule has 126 valence electrons. The quantitative estimate of drug-likeness (QED) is 0.200. The zero-order valence-corrected chi connectivity index (χ0v) is 15.3. The van der Waals surface area contributed by atoms with Gasteiger partial charge in [-0.3, -0.25) is 0 Å². The van der Waals surface area contributed by atoms with E-state index in [-0.39, 0.29) is 0 Å². The fourth-order valence-electron chi connectivity index (χ4n) is 3.46. The molecule has 0 saturated heterocycles. The summed E-state index contributed by atoms with van der Waals surface area (Å²) in [6, 6.07) is 0. The molecule has 0 bridgehead atoms. The van der Waals surface area contributed by atoms with Gasteiger partial charge in [-0.15, -0.1) is 6.58 Å². The Balaban J connectivity index is 3.84. The van der Waals surface area contributed by atoms with E-state index in [0.717, 1.165) is 11.8 Å². The van der Waals surface area contributed by atoms with Gasteiger partial charge >= 0.3 is 0 Å². The maximum absolute atomic E-state index is 4.08. The minimum Gasteiger partial charge on any atom is -0.103 e. The maximum atomic E-state index is 4.08. The average Bonchev–Trinajstić information content (AvgIpc) is 2.51. The Morgan fingerprint density at radius 2 is 1.10 bits per heavy atom. The van der Waals surface area contributed by atoms with Crippen LogP contribution in [0.15, 0.2) is 12.7 Å². The summed E-state index contributed by atoms with van der Waals surface area (Å²) in [7, 11) is 0. The molecule has 0 heterocycles. The van der Waals surface area contributed by atoms with Gasteiger partial charge in [0.05, 0.1) is 0 Å². The number of unbranched alkanes of at least 4 members (excludes halogenated alkanes) is 9. The summed E-state index contributed by atoms with van der Waals surface area (Å²) in [6.07, 6.45) is 22.0. The highest BCUT2D eigenvalue weighted by Crippen LogP contribution is 2.28. The van der Waals surface area contributed by atoms with Crippen molar-refractivity contribution in [1.82, 2.24) is 0 Å². The van der Waals surface area contributed by atoms with E-state index in [4.69, 9.17) is 0 Å². The lowest BCUT2D eigenvalue weighted by Crippen LogP contribution is -2.12. The largest absolute Gasteiger partial charge is 0.103 e. The molecule has 0 amide bonds. The van der Waals surface area contributed by atoms with Crippen molar-refractivity contribution in [1.29, 1.82) is 0 Å². The van der Waals surface area contributed by atoms with Crippen LogP contribution in [0.2, 0.25) is 0 Å². The second-order valence-corrected chi connectivity index (χ2v) is 6.83. The van der Waals surface area contributed by atoms with Crippen molar-refractivity contribution in [2.45, 2.75) is 111 Å². The Kier molecular flexibility index (Phi) is 15.9. The molecule has 2 unspecified atom stereocenters. The first-order chi connectivity index (χ1) is 10.3. The minimum atomic E-state index is 0.756. The molecule has 0 aliphatic carbocycles. The molecule has 0 nitrogen and oxygen atoms in total. The van der Waals surface area contributed by atoms with Crippen LogP contribution in [0.3, 0.4) is 0 Å². The van der Waals surface area contributed by atoms with Crippen molar-refractivity contribution < 1.29 is 0 Å². The molecule has 2 atom stereocenters. The summed E-state index contributed by atoms with van der Waals surface area (Å²) in [6.45, 7) is 11.0. The Labute approximate surface area is 135 Å². The maximum Gasteiger partial charge on any atom is -0.0210 e. The zero-order chi connectivity index (χ0) is 15.8. The Morgan fingerprint density at radius 1 is 0.667 bits per heavy atom. The monoisotopic (exact) mass is 294 g/mol. The van der Waals surface area contributed by atoms with Crippen LogP contribution in [0, 0.1) is 11.8 Å². The average molecular weight is 295 g/mol. The van der Waals surface area contributed by atoms with Gasteiger partial charge < -0.3 is 0 Å². The van der Waals surface area contributed by atoms with Gasteiger partial charge in [-0.05, 0) is 31.1 Å². The summed E-state index contributed by atoms with van der Waals surface area (Å²) in [4.78, 5) is 0. The van der Waals surface area contributed by atoms with Gasteiger partial charge in [0.1, 0.15) is 0 Å². The van der Waals surface area contributed by atoms with Crippen LogP contribution in [0.4, 0.5) is 0 Å². The lowest BCUT2D eigenvalue weighted by atomic mass is 9.82. The van der Waals surface area contributed by atoms with Crippen molar-refractivity contribution in [3.8, 4) is 0 Å². The third-order valence-corrected chi connectivity index (χ3v) is 4.99. The number of hydrogen-bond acceptors (Lipinski definition) is 0. The van der Waals surface area contributed by atoms with E-state index < -0.39 is 0 Å². The van der Waals surface area contributed by atoms with E-state index in [2.05, 4.69) is 33.4 Å². The van der Waals surface area contributed by atoms with E-state index in [1.54, 1.807) is 0 Å². The van der Waals surface area contributed by atoms with Gasteiger partial charge in [0.15, 0.2) is 0 Å². The van der Waals surface area contributed by atoms with Crippen LogP contribution in [-0.2, 0) is 0 Å². The molecule has 0 heteroatoms. The molecule has 0 radical (unpaired) electrons.